The van der Waals surface area contributed by atoms with E-state index in [1.807, 2.05) is 13.8 Å². The predicted molar refractivity (Wildman–Crippen MR) is 55.4 cm³/mol. The quantitative estimate of drug-likeness (QED) is 0.706. The Balaban J connectivity index is 2.79. The first kappa shape index (κ1) is 12.5. The maximum absolute atomic E-state index is 11.7. The number of aliphatic hydroxyl groups excluding tert-OH is 1. The van der Waals surface area contributed by atoms with Crippen molar-refractivity contribution in [1.82, 2.24) is 0 Å². The topological polar surface area (TPSA) is 55.8 Å². The second-order valence-corrected chi connectivity index (χ2v) is 4.88. The van der Waals surface area contributed by atoms with Crippen molar-refractivity contribution in [2.45, 2.75) is 57.8 Å². The van der Waals surface area contributed by atoms with E-state index in [1.165, 1.54) is 0 Å². The lowest BCUT2D eigenvalue weighted by molar-refractivity contribution is -0.217. The number of carbonyl (C=O) groups excluding carboxylic acids is 1. The maximum atomic E-state index is 11.7. The first-order valence-electron chi connectivity index (χ1n) is 5.34. The largest absolute Gasteiger partial charge is 0.464 e. The molecule has 0 amide bonds. The third-order valence-electron chi connectivity index (χ3n) is 2.56. The zero-order valence-corrected chi connectivity index (χ0v) is 9.87. The van der Waals surface area contributed by atoms with Crippen LogP contribution in [0.4, 0.5) is 0 Å². The Labute approximate surface area is 90.6 Å². The van der Waals surface area contributed by atoms with E-state index in [0.29, 0.717) is 19.4 Å². The minimum Gasteiger partial charge on any atom is -0.464 e. The molecule has 0 aromatic carbocycles. The van der Waals surface area contributed by atoms with Crippen LogP contribution in [0.2, 0.25) is 0 Å². The third kappa shape index (κ3) is 2.92. The van der Waals surface area contributed by atoms with Crippen molar-refractivity contribution in [3.8, 4) is 0 Å². The van der Waals surface area contributed by atoms with Gasteiger partial charge in [-0.25, -0.2) is 4.79 Å². The molecule has 2 unspecified atom stereocenters. The van der Waals surface area contributed by atoms with Gasteiger partial charge in [0.25, 0.3) is 0 Å². The fourth-order valence-electron chi connectivity index (χ4n) is 2.19. The van der Waals surface area contributed by atoms with Crippen LogP contribution in [-0.4, -0.2) is 35.0 Å². The van der Waals surface area contributed by atoms with E-state index in [1.54, 1.807) is 13.8 Å². The minimum absolute atomic E-state index is 0.301. The summed E-state index contributed by atoms with van der Waals surface area (Å²) < 4.78 is 10.7. The van der Waals surface area contributed by atoms with Gasteiger partial charge in [0.15, 0.2) is 5.60 Å². The number of carbonyl (C=O) groups is 1. The van der Waals surface area contributed by atoms with Crippen molar-refractivity contribution >= 4 is 5.97 Å². The van der Waals surface area contributed by atoms with Crippen LogP contribution in [0.25, 0.3) is 0 Å². The molecule has 15 heavy (non-hydrogen) atoms. The fourth-order valence-corrected chi connectivity index (χ4v) is 2.19. The number of hydrogen-bond donors (Lipinski definition) is 1. The molecule has 0 radical (unpaired) electrons. The maximum Gasteiger partial charge on any atom is 0.338 e. The molecule has 0 aromatic heterocycles. The molecule has 0 aliphatic carbocycles. The molecule has 2 atom stereocenters. The molecule has 1 aliphatic heterocycles. The van der Waals surface area contributed by atoms with Gasteiger partial charge in [-0.05, 0) is 27.7 Å². The van der Waals surface area contributed by atoms with Crippen LogP contribution in [0.5, 0.6) is 0 Å². The van der Waals surface area contributed by atoms with Crippen molar-refractivity contribution in [1.29, 1.82) is 0 Å². The van der Waals surface area contributed by atoms with Crippen LogP contribution in [0.3, 0.4) is 0 Å². The standard InChI is InChI=1S/C11H20O4/c1-5-14-9(13)11(4)7-8(12)6-10(2,3)15-11/h8,12H,5-7H2,1-4H3. The van der Waals surface area contributed by atoms with E-state index in [-0.39, 0.29) is 0 Å². The average molecular weight is 216 g/mol. The number of rotatable bonds is 2. The Morgan fingerprint density at radius 1 is 1.47 bits per heavy atom. The van der Waals surface area contributed by atoms with Crippen LogP contribution in [0.1, 0.15) is 40.5 Å². The van der Waals surface area contributed by atoms with E-state index in [4.69, 9.17) is 9.47 Å². The lowest BCUT2D eigenvalue weighted by atomic mass is 9.86. The summed E-state index contributed by atoms with van der Waals surface area (Å²) in [4.78, 5) is 11.7. The van der Waals surface area contributed by atoms with Crippen molar-refractivity contribution in [3.63, 3.8) is 0 Å². The van der Waals surface area contributed by atoms with Gasteiger partial charge in [-0.15, -0.1) is 0 Å². The summed E-state index contributed by atoms with van der Waals surface area (Å²) in [5.74, 6) is -0.392. The predicted octanol–water partition coefficient (Wildman–Crippen LogP) is 1.26. The summed E-state index contributed by atoms with van der Waals surface area (Å²) in [6, 6.07) is 0. The molecule has 0 spiro atoms. The minimum atomic E-state index is -1.02. The Hall–Kier alpha value is -0.610. The van der Waals surface area contributed by atoms with Gasteiger partial charge in [-0.1, -0.05) is 0 Å². The lowest BCUT2D eigenvalue weighted by Gasteiger charge is -2.43. The highest BCUT2D eigenvalue weighted by Crippen LogP contribution is 2.35. The summed E-state index contributed by atoms with van der Waals surface area (Å²) in [5.41, 5.74) is -1.50. The zero-order valence-electron chi connectivity index (χ0n) is 9.87. The molecule has 88 valence electrons. The summed E-state index contributed by atoms with van der Waals surface area (Å²) in [5, 5.41) is 9.71. The normalized spacial score (nSPS) is 34.9. The Morgan fingerprint density at radius 3 is 2.53 bits per heavy atom. The van der Waals surface area contributed by atoms with Crippen LogP contribution >= 0.6 is 0 Å². The molecule has 1 saturated heterocycles. The molecule has 1 fully saturated rings. The van der Waals surface area contributed by atoms with Crippen molar-refractivity contribution < 1.29 is 19.4 Å². The molecule has 1 aliphatic rings. The summed E-state index contributed by atoms with van der Waals surface area (Å²) in [6.07, 6.45) is 0.334. The first-order valence-corrected chi connectivity index (χ1v) is 5.34. The SMILES string of the molecule is CCOC(=O)C1(C)CC(O)CC(C)(C)O1. The monoisotopic (exact) mass is 216 g/mol. The summed E-state index contributed by atoms with van der Waals surface area (Å²) >= 11 is 0. The lowest BCUT2D eigenvalue weighted by Crippen LogP contribution is -2.53. The third-order valence-corrected chi connectivity index (χ3v) is 2.56. The summed E-state index contributed by atoms with van der Waals surface area (Å²) in [7, 11) is 0. The molecule has 0 aromatic rings. The summed E-state index contributed by atoms with van der Waals surface area (Å²) in [6.45, 7) is 7.49. The number of esters is 1. The first-order chi connectivity index (χ1) is 6.79. The molecule has 0 saturated carbocycles. The smallest absolute Gasteiger partial charge is 0.338 e. The molecule has 4 nitrogen and oxygen atoms in total. The van der Waals surface area contributed by atoms with E-state index < -0.39 is 23.3 Å². The van der Waals surface area contributed by atoms with Crippen molar-refractivity contribution in [3.05, 3.63) is 0 Å². The Morgan fingerprint density at radius 2 is 2.07 bits per heavy atom. The average Bonchev–Trinajstić information content (AvgIpc) is 1.99. The molecule has 1 heterocycles. The van der Waals surface area contributed by atoms with Crippen molar-refractivity contribution in [2.24, 2.45) is 0 Å². The molecule has 4 heteroatoms. The number of aliphatic hydroxyl groups is 1. The highest BCUT2D eigenvalue weighted by molar-refractivity contribution is 5.79. The molecule has 1 N–H and O–H groups in total. The van der Waals surface area contributed by atoms with E-state index in [9.17, 15) is 9.90 Å². The van der Waals surface area contributed by atoms with Gasteiger partial charge in [0.05, 0.1) is 18.3 Å². The van der Waals surface area contributed by atoms with E-state index in [2.05, 4.69) is 0 Å². The van der Waals surface area contributed by atoms with Crippen LogP contribution in [0, 0.1) is 0 Å². The molecular weight excluding hydrogens is 196 g/mol. The molecule has 1 rings (SSSR count). The van der Waals surface area contributed by atoms with E-state index in [0.717, 1.165) is 0 Å². The second kappa shape index (κ2) is 4.10. The van der Waals surface area contributed by atoms with Gasteiger partial charge in [0, 0.05) is 12.8 Å². The fraction of sp³-hybridized carbons (Fsp3) is 0.909. The Kier molecular flexibility index (Phi) is 3.41. The van der Waals surface area contributed by atoms with Gasteiger partial charge in [0.1, 0.15) is 0 Å². The van der Waals surface area contributed by atoms with E-state index >= 15 is 0 Å². The molecule has 0 bridgehead atoms. The van der Waals surface area contributed by atoms with Crippen LogP contribution in [0.15, 0.2) is 0 Å². The number of ether oxygens (including phenoxy) is 2. The number of hydrogen-bond acceptors (Lipinski definition) is 4. The van der Waals surface area contributed by atoms with Gasteiger partial charge in [0.2, 0.25) is 0 Å². The highest BCUT2D eigenvalue weighted by Gasteiger charge is 2.47. The van der Waals surface area contributed by atoms with Crippen LogP contribution in [-0.2, 0) is 14.3 Å². The molecular formula is C11H20O4. The highest BCUT2D eigenvalue weighted by atomic mass is 16.6. The van der Waals surface area contributed by atoms with Gasteiger partial charge in [-0.2, -0.15) is 0 Å². The van der Waals surface area contributed by atoms with Gasteiger partial charge < -0.3 is 14.6 Å². The van der Waals surface area contributed by atoms with Crippen LogP contribution < -0.4 is 0 Å². The van der Waals surface area contributed by atoms with Gasteiger partial charge >= 0.3 is 5.97 Å². The van der Waals surface area contributed by atoms with Crippen molar-refractivity contribution in [2.75, 3.05) is 6.61 Å². The Bertz CT molecular complexity index is 249. The van der Waals surface area contributed by atoms with Gasteiger partial charge in [-0.3, -0.25) is 0 Å². The zero-order chi connectivity index (χ0) is 11.7. The second-order valence-electron chi connectivity index (χ2n) is 4.88.